The van der Waals surface area contributed by atoms with E-state index in [4.69, 9.17) is 35.4 Å². The van der Waals surface area contributed by atoms with E-state index in [0.29, 0.717) is 34.8 Å². The van der Waals surface area contributed by atoms with E-state index in [2.05, 4.69) is 39.6 Å². The number of halogens is 2. The molecule has 0 amide bonds. The lowest BCUT2D eigenvalue weighted by atomic mass is 10.2. The summed E-state index contributed by atoms with van der Waals surface area (Å²) in [7, 11) is 0. The quantitative estimate of drug-likeness (QED) is 0.300. The molecule has 0 spiro atoms. The summed E-state index contributed by atoms with van der Waals surface area (Å²) < 4.78 is 1.84. The van der Waals surface area contributed by atoms with E-state index in [-0.39, 0.29) is 0 Å². The van der Waals surface area contributed by atoms with Crippen molar-refractivity contribution in [3.63, 3.8) is 0 Å². The molecule has 4 nitrogen and oxygen atoms in total. The molecule has 0 fully saturated rings. The second kappa shape index (κ2) is 10.6. The van der Waals surface area contributed by atoms with Crippen LogP contribution in [0.1, 0.15) is 16.7 Å². The first kappa shape index (κ1) is 22.3. The Balaban J connectivity index is 1.45. The van der Waals surface area contributed by atoms with Crippen LogP contribution in [0.3, 0.4) is 0 Å². The van der Waals surface area contributed by atoms with Crippen molar-refractivity contribution in [2.75, 3.05) is 5.32 Å². The first-order valence-electron chi connectivity index (χ1n) is 10.2. The Morgan fingerprint density at radius 1 is 0.844 bits per heavy atom. The molecule has 0 unspecified atom stereocenters. The molecule has 0 radical (unpaired) electrons. The van der Waals surface area contributed by atoms with Gasteiger partial charge in [-0.15, -0.1) is 0 Å². The summed E-state index contributed by atoms with van der Waals surface area (Å²) in [5.74, 6) is 0. The summed E-state index contributed by atoms with van der Waals surface area (Å²) in [6.45, 7) is 2.00. The van der Waals surface area contributed by atoms with Gasteiger partial charge in [0.05, 0.1) is 28.5 Å². The molecule has 1 aromatic heterocycles. The lowest BCUT2D eigenvalue weighted by Gasteiger charge is -2.26. The molecule has 162 valence electrons. The first-order valence-corrected chi connectivity index (χ1v) is 11.3. The van der Waals surface area contributed by atoms with E-state index in [1.165, 1.54) is 11.1 Å². The van der Waals surface area contributed by atoms with Crippen LogP contribution in [0.4, 0.5) is 5.69 Å². The van der Waals surface area contributed by atoms with Gasteiger partial charge in [-0.05, 0) is 41.0 Å². The molecule has 3 aromatic carbocycles. The van der Waals surface area contributed by atoms with Gasteiger partial charge in [-0.25, -0.2) is 0 Å². The zero-order chi connectivity index (χ0) is 22.3. The molecule has 1 N–H and O–H groups in total. The minimum atomic E-state index is 0.535. The SMILES string of the molecule is S=C(Nc1cnn(Cc2ccc(Cl)c(Cl)c2)c1)N(Cc1ccccc1)Cc1ccccc1. The molecule has 0 atom stereocenters. The molecule has 32 heavy (non-hydrogen) atoms. The highest BCUT2D eigenvalue weighted by molar-refractivity contribution is 7.80. The molecule has 0 saturated carbocycles. The smallest absolute Gasteiger partial charge is 0.174 e. The summed E-state index contributed by atoms with van der Waals surface area (Å²) in [5.41, 5.74) is 4.25. The average molecular weight is 481 g/mol. The van der Waals surface area contributed by atoms with Crippen LogP contribution < -0.4 is 5.32 Å². The zero-order valence-electron chi connectivity index (χ0n) is 17.3. The van der Waals surface area contributed by atoms with Crippen molar-refractivity contribution in [2.45, 2.75) is 19.6 Å². The second-order valence-electron chi connectivity index (χ2n) is 7.43. The molecule has 1 heterocycles. The fourth-order valence-electron chi connectivity index (χ4n) is 3.35. The van der Waals surface area contributed by atoms with Crippen molar-refractivity contribution < 1.29 is 0 Å². The van der Waals surface area contributed by atoms with E-state index in [1.807, 2.05) is 59.4 Å². The van der Waals surface area contributed by atoms with Crippen LogP contribution in [0.5, 0.6) is 0 Å². The van der Waals surface area contributed by atoms with Crippen LogP contribution in [0, 0.1) is 0 Å². The molecular formula is C25H22Cl2N4S. The van der Waals surface area contributed by atoms with E-state index in [1.54, 1.807) is 12.3 Å². The molecule has 7 heteroatoms. The number of aromatic nitrogens is 2. The maximum atomic E-state index is 6.13. The number of thiocarbonyl (C=S) groups is 1. The monoisotopic (exact) mass is 480 g/mol. The van der Waals surface area contributed by atoms with Gasteiger partial charge in [0.1, 0.15) is 0 Å². The van der Waals surface area contributed by atoms with Gasteiger partial charge in [0, 0.05) is 19.3 Å². The van der Waals surface area contributed by atoms with E-state index in [0.717, 1.165) is 11.3 Å². The topological polar surface area (TPSA) is 33.1 Å². The van der Waals surface area contributed by atoms with Gasteiger partial charge < -0.3 is 10.2 Å². The van der Waals surface area contributed by atoms with Gasteiger partial charge in [-0.1, -0.05) is 89.9 Å². The summed E-state index contributed by atoms with van der Waals surface area (Å²) >= 11 is 17.9. The first-order chi connectivity index (χ1) is 15.6. The molecule has 4 rings (SSSR count). The average Bonchev–Trinajstić information content (AvgIpc) is 3.24. The molecule has 0 aliphatic rings. The number of anilines is 1. The molecule has 0 saturated heterocycles. The number of hydrogen-bond donors (Lipinski definition) is 1. The minimum Gasteiger partial charge on any atom is -0.340 e. The summed E-state index contributed by atoms with van der Waals surface area (Å²) in [5, 5.41) is 9.50. The van der Waals surface area contributed by atoms with Crippen LogP contribution in [-0.4, -0.2) is 19.8 Å². The van der Waals surface area contributed by atoms with Gasteiger partial charge in [0.25, 0.3) is 0 Å². The van der Waals surface area contributed by atoms with Crippen LogP contribution >= 0.6 is 35.4 Å². The number of hydrogen-bond acceptors (Lipinski definition) is 2. The Kier molecular flexibility index (Phi) is 7.43. The predicted octanol–water partition coefficient (Wildman–Crippen LogP) is 6.64. The Hall–Kier alpha value is -2.86. The maximum absolute atomic E-state index is 6.13. The molecule has 4 aromatic rings. The lowest BCUT2D eigenvalue weighted by Crippen LogP contribution is -2.33. The van der Waals surface area contributed by atoms with Gasteiger partial charge >= 0.3 is 0 Å². The summed E-state index contributed by atoms with van der Waals surface area (Å²) in [6, 6.07) is 26.2. The number of benzene rings is 3. The highest BCUT2D eigenvalue weighted by Crippen LogP contribution is 2.23. The van der Waals surface area contributed by atoms with Crippen LogP contribution in [0.2, 0.25) is 10.0 Å². The minimum absolute atomic E-state index is 0.535. The van der Waals surface area contributed by atoms with E-state index < -0.39 is 0 Å². The number of nitrogens with zero attached hydrogens (tertiary/aromatic N) is 3. The maximum Gasteiger partial charge on any atom is 0.174 e. The Labute approximate surface area is 203 Å². The lowest BCUT2D eigenvalue weighted by molar-refractivity contribution is 0.413. The fourth-order valence-corrected chi connectivity index (χ4v) is 3.92. The van der Waals surface area contributed by atoms with Crippen molar-refractivity contribution in [1.29, 1.82) is 0 Å². The Bertz CT molecular complexity index is 1140. The van der Waals surface area contributed by atoms with E-state index in [9.17, 15) is 0 Å². The highest BCUT2D eigenvalue weighted by atomic mass is 35.5. The van der Waals surface area contributed by atoms with Gasteiger partial charge in [-0.3, -0.25) is 4.68 Å². The van der Waals surface area contributed by atoms with Gasteiger partial charge in [0.15, 0.2) is 5.11 Å². The fraction of sp³-hybridized carbons (Fsp3) is 0.120. The van der Waals surface area contributed by atoms with Crippen molar-refractivity contribution in [2.24, 2.45) is 0 Å². The van der Waals surface area contributed by atoms with E-state index >= 15 is 0 Å². The molecular weight excluding hydrogens is 459 g/mol. The predicted molar refractivity (Wildman–Crippen MR) is 136 cm³/mol. The third-order valence-corrected chi connectivity index (χ3v) is 6.03. The summed E-state index contributed by atoms with van der Waals surface area (Å²) in [4.78, 5) is 2.15. The van der Waals surface area contributed by atoms with Crippen molar-refractivity contribution >= 4 is 46.2 Å². The van der Waals surface area contributed by atoms with Crippen LogP contribution in [0.25, 0.3) is 0 Å². The van der Waals surface area contributed by atoms with Crippen LogP contribution in [0.15, 0.2) is 91.3 Å². The largest absolute Gasteiger partial charge is 0.340 e. The second-order valence-corrected chi connectivity index (χ2v) is 8.63. The normalized spacial score (nSPS) is 10.7. The number of rotatable bonds is 7. The van der Waals surface area contributed by atoms with Crippen LogP contribution in [-0.2, 0) is 19.6 Å². The van der Waals surface area contributed by atoms with Crippen molar-refractivity contribution in [3.8, 4) is 0 Å². The van der Waals surface area contributed by atoms with Gasteiger partial charge in [0.2, 0.25) is 0 Å². The Morgan fingerprint density at radius 3 is 2.06 bits per heavy atom. The standard InChI is InChI=1S/C25H22Cl2N4S/c26-23-12-11-21(13-24(23)27)17-31-18-22(14-28-31)29-25(32)30(15-19-7-3-1-4-8-19)16-20-9-5-2-6-10-20/h1-14,18H,15-17H2,(H,29,32). The third-order valence-electron chi connectivity index (χ3n) is 4.93. The number of nitrogens with one attached hydrogen (secondary N) is 1. The molecule has 0 aliphatic carbocycles. The Morgan fingerprint density at radius 2 is 1.47 bits per heavy atom. The molecule has 0 aliphatic heterocycles. The highest BCUT2D eigenvalue weighted by Gasteiger charge is 2.13. The van der Waals surface area contributed by atoms with Gasteiger partial charge in [-0.2, -0.15) is 5.10 Å². The third kappa shape index (κ3) is 6.10. The zero-order valence-corrected chi connectivity index (χ0v) is 19.6. The summed E-state index contributed by atoms with van der Waals surface area (Å²) in [6.07, 6.45) is 3.70. The molecule has 0 bridgehead atoms. The van der Waals surface area contributed by atoms with Crippen molar-refractivity contribution in [3.05, 3.63) is 118 Å². The van der Waals surface area contributed by atoms with Crippen molar-refractivity contribution in [1.82, 2.24) is 14.7 Å².